The second-order valence-electron chi connectivity index (χ2n) is 9.41. The molecule has 182 valence electrons. The van der Waals surface area contributed by atoms with Gasteiger partial charge >= 0.3 is 12.4 Å². The van der Waals surface area contributed by atoms with Crippen LogP contribution in [0.15, 0.2) is 48.5 Å². The van der Waals surface area contributed by atoms with Crippen LogP contribution >= 0.6 is 0 Å². The van der Waals surface area contributed by atoms with Crippen LogP contribution in [0, 0.1) is 5.41 Å². The van der Waals surface area contributed by atoms with E-state index in [2.05, 4.69) is 0 Å². The molecule has 3 rings (SSSR count). The minimum absolute atomic E-state index is 0.0551. The predicted molar refractivity (Wildman–Crippen MR) is 113 cm³/mol. The molecule has 1 aliphatic carbocycles. The van der Waals surface area contributed by atoms with Gasteiger partial charge in [-0.15, -0.1) is 0 Å². The highest BCUT2D eigenvalue weighted by Gasteiger charge is 2.42. The van der Waals surface area contributed by atoms with Gasteiger partial charge in [0.2, 0.25) is 0 Å². The molecule has 0 bridgehead atoms. The number of aliphatic hydroxyl groups is 1. The van der Waals surface area contributed by atoms with E-state index in [1.807, 2.05) is 37.3 Å². The molecule has 0 saturated heterocycles. The van der Waals surface area contributed by atoms with Crippen LogP contribution in [0.5, 0.6) is 0 Å². The van der Waals surface area contributed by atoms with Crippen LogP contribution in [0.25, 0.3) is 0 Å². The minimum atomic E-state index is -4.90. The summed E-state index contributed by atoms with van der Waals surface area (Å²) in [5, 5.41) is 9.73. The van der Waals surface area contributed by atoms with Crippen LogP contribution in [0.1, 0.15) is 67.9 Å². The van der Waals surface area contributed by atoms with Gasteiger partial charge in [0.1, 0.15) is 0 Å². The maximum absolute atomic E-state index is 13.2. The Hall–Kier alpha value is -2.06. The zero-order chi connectivity index (χ0) is 24.5. The molecule has 0 radical (unpaired) electrons. The fourth-order valence-corrected chi connectivity index (χ4v) is 4.39. The summed E-state index contributed by atoms with van der Waals surface area (Å²) in [5.74, 6) is 0. The maximum Gasteiger partial charge on any atom is 0.416 e. The highest BCUT2D eigenvalue weighted by molar-refractivity contribution is 5.35. The first kappa shape index (κ1) is 25.6. The van der Waals surface area contributed by atoms with Crippen LogP contribution < -0.4 is 0 Å². The minimum Gasteiger partial charge on any atom is -0.396 e. The normalized spacial score (nSPS) is 25.1. The van der Waals surface area contributed by atoms with E-state index in [0.717, 1.165) is 30.5 Å². The first-order chi connectivity index (χ1) is 15.3. The predicted octanol–water partition coefficient (Wildman–Crippen LogP) is 7.31. The monoisotopic (exact) mass is 474 g/mol. The maximum atomic E-state index is 13.2. The van der Waals surface area contributed by atoms with E-state index < -0.39 is 35.0 Å². The number of benzene rings is 2. The zero-order valence-corrected chi connectivity index (χ0v) is 18.6. The fraction of sp³-hybridized carbons (Fsp3) is 0.520. The van der Waals surface area contributed by atoms with Gasteiger partial charge in [-0.2, -0.15) is 26.3 Å². The van der Waals surface area contributed by atoms with Crippen molar-refractivity contribution in [1.82, 2.24) is 0 Å². The number of ether oxygens (including phenoxy) is 1. The average molecular weight is 474 g/mol. The van der Waals surface area contributed by atoms with Gasteiger partial charge in [0.15, 0.2) is 0 Å². The number of rotatable bonds is 6. The van der Waals surface area contributed by atoms with E-state index in [1.165, 1.54) is 6.92 Å². The first-order valence-corrected chi connectivity index (χ1v) is 10.9. The molecule has 1 atom stereocenters. The molecular formula is C25H28F6O2. The Morgan fingerprint density at radius 3 is 1.85 bits per heavy atom. The second-order valence-corrected chi connectivity index (χ2v) is 9.41. The summed E-state index contributed by atoms with van der Waals surface area (Å²) in [5.41, 5.74) is -2.51. The van der Waals surface area contributed by atoms with E-state index in [9.17, 15) is 31.4 Å². The van der Waals surface area contributed by atoms with Crippen molar-refractivity contribution < 1.29 is 36.2 Å². The Labute approximate surface area is 189 Å². The van der Waals surface area contributed by atoms with Crippen LogP contribution in [0.4, 0.5) is 26.3 Å². The van der Waals surface area contributed by atoms with E-state index in [4.69, 9.17) is 4.74 Å². The summed E-state index contributed by atoms with van der Waals surface area (Å²) in [4.78, 5) is 0. The number of hydrogen-bond acceptors (Lipinski definition) is 2. The third kappa shape index (κ3) is 5.90. The summed E-state index contributed by atoms with van der Waals surface area (Å²) in [7, 11) is 0. The lowest BCUT2D eigenvalue weighted by Crippen LogP contribution is -2.41. The second kappa shape index (κ2) is 9.29. The van der Waals surface area contributed by atoms with Crippen molar-refractivity contribution in [1.29, 1.82) is 0 Å². The number of halogens is 6. The van der Waals surface area contributed by atoms with Crippen molar-refractivity contribution in [3.63, 3.8) is 0 Å². The van der Waals surface area contributed by atoms with Gasteiger partial charge in [0.05, 0.1) is 23.8 Å². The van der Waals surface area contributed by atoms with Crippen molar-refractivity contribution in [2.24, 2.45) is 5.41 Å². The molecule has 1 N–H and O–H groups in total. The Bertz CT molecular complexity index is 896. The molecule has 33 heavy (non-hydrogen) atoms. The third-order valence-corrected chi connectivity index (χ3v) is 6.87. The quantitative estimate of drug-likeness (QED) is 0.445. The molecular weight excluding hydrogens is 446 g/mol. The van der Waals surface area contributed by atoms with Crippen molar-refractivity contribution in [2.45, 2.75) is 63.4 Å². The van der Waals surface area contributed by atoms with Crippen LogP contribution in [0.3, 0.4) is 0 Å². The molecule has 2 aromatic rings. The number of hydrogen-bond donors (Lipinski definition) is 1. The standard InChI is InChI=1S/C25H28F6O2/c1-17(18-12-20(24(26,27)28)14-21(13-18)25(29,30)31)33-16-23(19-6-4-3-5-7-19)10-8-22(2,15-32)9-11-23/h3-7,12-14,17,32H,8-11,15-16H2,1-2H3/t17-,22?,23?/m1/s1. The number of aliphatic hydroxyl groups excluding tert-OH is 1. The van der Waals surface area contributed by atoms with Crippen LogP contribution in [0.2, 0.25) is 0 Å². The Morgan fingerprint density at radius 1 is 0.879 bits per heavy atom. The topological polar surface area (TPSA) is 29.5 Å². The SMILES string of the molecule is C[C@@H](OCC1(c2ccccc2)CCC(C)(CO)CC1)c1cc(C(F)(F)F)cc(C(F)(F)F)c1. The molecule has 0 spiro atoms. The van der Waals surface area contributed by atoms with E-state index in [0.29, 0.717) is 12.8 Å². The van der Waals surface area contributed by atoms with Gasteiger partial charge in [-0.3, -0.25) is 0 Å². The molecule has 0 aromatic heterocycles. The van der Waals surface area contributed by atoms with Crippen molar-refractivity contribution in [2.75, 3.05) is 13.2 Å². The lowest BCUT2D eigenvalue weighted by molar-refractivity contribution is -0.143. The van der Waals surface area contributed by atoms with Crippen molar-refractivity contribution in [3.8, 4) is 0 Å². The van der Waals surface area contributed by atoms with E-state index in [-0.39, 0.29) is 30.3 Å². The smallest absolute Gasteiger partial charge is 0.396 e. The molecule has 1 saturated carbocycles. The summed E-state index contributed by atoms with van der Waals surface area (Å²) in [6.45, 7) is 3.68. The zero-order valence-electron chi connectivity index (χ0n) is 18.6. The third-order valence-electron chi connectivity index (χ3n) is 6.87. The Morgan fingerprint density at radius 2 is 1.39 bits per heavy atom. The van der Waals surface area contributed by atoms with Crippen LogP contribution in [-0.2, 0) is 22.5 Å². The molecule has 2 aromatic carbocycles. The largest absolute Gasteiger partial charge is 0.416 e. The molecule has 1 fully saturated rings. The van der Waals surface area contributed by atoms with Gasteiger partial charge in [0, 0.05) is 12.0 Å². The average Bonchev–Trinajstić information content (AvgIpc) is 2.78. The highest BCUT2D eigenvalue weighted by Crippen LogP contribution is 2.47. The highest BCUT2D eigenvalue weighted by atomic mass is 19.4. The summed E-state index contributed by atoms with van der Waals surface area (Å²) in [6, 6.07) is 11.1. The van der Waals surface area contributed by atoms with Crippen LogP contribution in [-0.4, -0.2) is 18.3 Å². The molecule has 0 amide bonds. The van der Waals surface area contributed by atoms with Gasteiger partial charge in [-0.1, -0.05) is 37.3 Å². The Kier molecular flexibility index (Phi) is 7.20. The molecule has 8 heteroatoms. The summed E-state index contributed by atoms with van der Waals surface area (Å²) >= 11 is 0. The van der Waals surface area contributed by atoms with Gasteiger partial charge < -0.3 is 9.84 Å². The Balaban J connectivity index is 1.87. The van der Waals surface area contributed by atoms with Gasteiger partial charge in [0.25, 0.3) is 0 Å². The van der Waals surface area contributed by atoms with Gasteiger partial charge in [-0.05, 0) is 67.3 Å². The summed E-state index contributed by atoms with van der Waals surface area (Å²) < 4.78 is 85.4. The summed E-state index contributed by atoms with van der Waals surface area (Å²) in [6.07, 6.45) is -7.93. The molecule has 0 aliphatic heterocycles. The van der Waals surface area contributed by atoms with E-state index >= 15 is 0 Å². The molecule has 0 unspecified atom stereocenters. The van der Waals surface area contributed by atoms with Crippen molar-refractivity contribution in [3.05, 3.63) is 70.8 Å². The van der Waals surface area contributed by atoms with E-state index in [1.54, 1.807) is 0 Å². The lowest BCUT2D eigenvalue weighted by atomic mass is 9.62. The fourth-order valence-electron chi connectivity index (χ4n) is 4.39. The lowest BCUT2D eigenvalue weighted by Gasteiger charge is -2.45. The van der Waals surface area contributed by atoms with Gasteiger partial charge in [-0.25, -0.2) is 0 Å². The molecule has 0 heterocycles. The van der Waals surface area contributed by atoms with Crippen molar-refractivity contribution >= 4 is 0 Å². The molecule has 2 nitrogen and oxygen atoms in total. The number of alkyl halides is 6. The first-order valence-electron chi connectivity index (χ1n) is 10.9. The molecule has 1 aliphatic rings.